The number of anilines is 1. The van der Waals surface area contributed by atoms with Crippen molar-refractivity contribution < 1.29 is 4.79 Å². The maximum atomic E-state index is 12.5. The van der Waals surface area contributed by atoms with Gasteiger partial charge in [0.15, 0.2) is 0 Å². The van der Waals surface area contributed by atoms with Gasteiger partial charge in [-0.15, -0.1) is 0 Å². The molecule has 0 bridgehead atoms. The van der Waals surface area contributed by atoms with Crippen molar-refractivity contribution in [2.24, 2.45) is 5.92 Å². The molecule has 5 heteroatoms. The average molecular weight is 362 g/mol. The summed E-state index contributed by atoms with van der Waals surface area (Å²) in [6.07, 6.45) is 8.72. The van der Waals surface area contributed by atoms with Crippen LogP contribution >= 0.6 is 0 Å². The van der Waals surface area contributed by atoms with Gasteiger partial charge in [0.25, 0.3) is 5.91 Å². The Hall–Kier alpha value is -2.82. The molecule has 1 aliphatic rings. The Morgan fingerprint density at radius 2 is 2.07 bits per heavy atom. The fourth-order valence-corrected chi connectivity index (χ4v) is 3.74. The third-order valence-electron chi connectivity index (χ3n) is 5.49. The van der Waals surface area contributed by atoms with Gasteiger partial charge in [-0.1, -0.05) is 25.1 Å². The van der Waals surface area contributed by atoms with Crippen molar-refractivity contribution in [2.45, 2.75) is 26.2 Å². The van der Waals surface area contributed by atoms with Crippen LogP contribution in [0.15, 0.2) is 48.9 Å². The molecule has 1 fully saturated rings. The van der Waals surface area contributed by atoms with Gasteiger partial charge < -0.3 is 15.2 Å². The summed E-state index contributed by atoms with van der Waals surface area (Å²) in [5.74, 6) is 0.722. The number of nitrogens with zero attached hydrogens (tertiary/aromatic N) is 2. The fraction of sp³-hybridized carbons (Fsp3) is 0.364. The number of aromatic amines is 1. The molecular formula is C22H26N4O. The third-order valence-corrected chi connectivity index (χ3v) is 5.49. The van der Waals surface area contributed by atoms with E-state index in [9.17, 15) is 4.79 Å². The van der Waals surface area contributed by atoms with Crippen LogP contribution in [0.5, 0.6) is 0 Å². The van der Waals surface area contributed by atoms with E-state index in [1.54, 1.807) is 6.20 Å². The minimum atomic E-state index is -0.0606. The second-order valence-electron chi connectivity index (χ2n) is 7.47. The first kappa shape index (κ1) is 17.6. The molecule has 0 spiro atoms. The van der Waals surface area contributed by atoms with Crippen LogP contribution in [0.1, 0.15) is 35.7 Å². The number of amides is 1. The molecule has 2 N–H and O–H groups in total. The van der Waals surface area contributed by atoms with E-state index in [1.807, 2.05) is 30.6 Å². The highest BCUT2D eigenvalue weighted by molar-refractivity contribution is 5.94. The zero-order chi connectivity index (χ0) is 18.6. The van der Waals surface area contributed by atoms with E-state index in [0.717, 1.165) is 36.6 Å². The number of hydrogen-bond donors (Lipinski definition) is 2. The predicted octanol–water partition coefficient (Wildman–Crippen LogP) is 3.77. The van der Waals surface area contributed by atoms with E-state index < -0.39 is 0 Å². The molecule has 0 aliphatic carbocycles. The van der Waals surface area contributed by atoms with Gasteiger partial charge in [0.1, 0.15) is 0 Å². The van der Waals surface area contributed by atoms with Gasteiger partial charge in [0.05, 0.1) is 17.4 Å². The highest BCUT2D eigenvalue weighted by Gasteiger charge is 2.17. The number of carbonyl (C=O) groups excluding carboxylic acids is 1. The molecule has 2 aromatic heterocycles. The van der Waals surface area contributed by atoms with Crippen molar-refractivity contribution in [1.82, 2.24) is 15.3 Å². The largest absolute Gasteiger partial charge is 0.370 e. The van der Waals surface area contributed by atoms with E-state index >= 15 is 0 Å². The number of rotatable bonds is 5. The van der Waals surface area contributed by atoms with Crippen molar-refractivity contribution >= 4 is 22.5 Å². The quantitative estimate of drug-likeness (QED) is 0.726. The monoisotopic (exact) mass is 362 g/mol. The summed E-state index contributed by atoms with van der Waals surface area (Å²) < 4.78 is 0. The molecule has 3 heterocycles. The van der Waals surface area contributed by atoms with Crippen LogP contribution in [0.2, 0.25) is 0 Å². The standard InChI is InChI=1S/C22H26N4O/c1-16-7-10-26(11-8-16)19-12-18(13-23-15-19)22(27)24-9-6-17-14-25-21-5-3-2-4-20(17)21/h2-5,12-16,25H,6-11H2,1H3,(H,24,27). The number of pyridine rings is 1. The number of fused-ring (bicyclic) bond motifs is 1. The van der Waals surface area contributed by atoms with Crippen LogP contribution in [-0.4, -0.2) is 35.5 Å². The summed E-state index contributed by atoms with van der Waals surface area (Å²) in [5.41, 5.74) is 4.03. The normalized spacial score (nSPS) is 15.2. The average Bonchev–Trinajstić information content (AvgIpc) is 3.12. The molecule has 1 saturated heterocycles. The second kappa shape index (κ2) is 7.82. The Bertz CT molecular complexity index is 925. The summed E-state index contributed by atoms with van der Waals surface area (Å²) in [6.45, 7) is 4.97. The van der Waals surface area contributed by atoms with Crippen molar-refractivity contribution in [2.75, 3.05) is 24.5 Å². The molecule has 0 atom stereocenters. The van der Waals surface area contributed by atoms with Gasteiger partial charge in [0, 0.05) is 42.9 Å². The SMILES string of the molecule is CC1CCN(c2cncc(C(=O)NCCc3c[nH]c4ccccc34)c2)CC1. The summed E-state index contributed by atoms with van der Waals surface area (Å²) in [4.78, 5) is 22.4. The lowest BCUT2D eigenvalue weighted by atomic mass is 9.99. The summed E-state index contributed by atoms with van der Waals surface area (Å²) >= 11 is 0. The van der Waals surface area contributed by atoms with Gasteiger partial charge in [-0.2, -0.15) is 0 Å². The van der Waals surface area contributed by atoms with Gasteiger partial charge in [0.2, 0.25) is 0 Å². The molecule has 1 amide bonds. The molecule has 0 radical (unpaired) electrons. The number of aromatic nitrogens is 2. The highest BCUT2D eigenvalue weighted by Crippen LogP contribution is 2.23. The topological polar surface area (TPSA) is 61.0 Å². The molecule has 0 unspecified atom stereocenters. The third kappa shape index (κ3) is 3.97. The molecule has 1 aromatic carbocycles. The molecule has 3 aromatic rings. The van der Waals surface area contributed by atoms with E-state index in [-0.39, 0.29) is 5.91 Å². The van der Waals surface area contributed by atoms with E-state index in [1.165, 1.54) is 23.8 Å². The van der Waals surface area contributed by atoms with Crippen LogP contribution in [0, 0.1) is 5.92 Å². The first-order valence-corrected chi connectivity index (χ1v) is 9.74. The first-order chi connectivity index (χ1) is 13.2. The van der Waals surface area contributed by atoms with Gasteiger partial charge in [-0.25, -0.2) is 0 Å². The highest BCUT2D eigenvalue weighted by atomic mass is 16.1. The number of benzene rings is 1. The maximum absolute atomic E-state index is 12.5. The van der Waals surface area contributed by atoms with Crippen LogP contribution in [0.25, 0.3) is 10.9 Å². The second-order valence-corrected chi connectivity index (χ2v) is 7.47. The number of nitrogens with one attached hydrogen (secondary N) is 2. The van der Waals surface area contributed by atoms with Crippen LogP contribution < -0.4 is 10.2 Å². The van der Waals surface area contributed by atoms with Gasteiger partial charge in [-0.3, -0.25) is 9.78 Å². The van der Waals surface area contributed by atoms with Crippen molar-refractivity contribution in [3.05, 3.63) is 60.0 Å². The Morgan fingerprint density at radius 1 is 1.26 bits per heavy atom. The summed E-state index contributed by atoms with van der Waals surface area (Å²) in [5, 5.41) is 4.25. The number of hydrogen-bond acceptors (Lipinski definition) is 3. The number of H-pyrrole nitrogens is 1. The molecule has 27 heavy (non-hydrogen) atoms. The van der Waals surface area contributed by atoms with Crippen molar-refractivity contribution in [3.8, 4) is 0 Å². The smallest absolute Gasteiger partial charge is 0.252 e. The summed E-state index contributed by atoms with van der Waals surface area (Å²) in [7, 11) is 0. The van der Waals surface area contributed by atoms with Gasteiger partial charge in [-0.05, 0) is 42.9 Å². The van der Waals surface area contributed by atoms with E-state index in [2.05, 4.69) is 39.2 Å². The lowest BCUT2D eigenvalue weighted by molar-refractivity contribution is 0.0954. The lowest BCUT2D eigenvalue weighted by Crippen LogP contribution is -2.33. The minimum Gasteiger partial charge on any atom is -0.370 e. The molecule has 5 nitrogen and oxygen atoms in total. The molecular weight excluding hydrogens is 336 g/mol. The Balaban J connectivity index is 1.36. The molecule has 1 aliphatic heterocycles. The number of para-hydroxylation sites is 1. The van der Waals surface area contributed by atoms with E-state index in [0.29, 0.717) is 12.1 Å². The van der Waals surface area contributed by atoms with Crippen LogP contribution in [0.4, 0.5) is 5.69 Å². The fourth-order valence-electron chi connectivity index (χ4n) is 3.74. The Labute approximate surface area is 159 Å². The zero-order valence-electron chi connectivity index (χ0n) is 15.7. The predicted molar refractivity (Wildman–Crippen MR) is 109 cm³/mol. The van der Waals surface area contributed by atoms with Crippen LogP contribution in [0.3, 0.4) is 0 Å². The zero-order valence-corrected chi connectivity index (χ0v) is 15.7. The first-order valence-electron chi connectivity index (χ1n) is 9.74. The number of piperidine rings is 1. The van der Waals surface area contributed by atoms with Gasteiger partial charge >= 0.3 is 0 Å². The maximum Gasteiger partial charge on any atom is 0.252 e. The summed E-state index contributed by atoms with van der Waals surface area (Å²) in [6, 6.07) is 10.2. The minimum absolute atomic E-state index is 0.0606. The van der Waals surface area contributed by atoms with E-state index in [4.69, 9.17) is 0 Å². The van der Waals surface area contributed by atoms with Crippen molar-refractivity contribution in [3.63, 3.8) is 0 Å². The molecule has 4 rings (SSSR count). The van der Waals surface area contributed by atoms with Crippen molar-refractivity contribution in [1.29, 1.82) is 0 Å². The number of carbonyl (C=O) groups is 1. The lowest BCUT2D eigenvalue weighted by Gasteiger charge is -2.32. The Kier molecular flexibility index (Phi) is 5.10. The molecule has 140 valence electrons. The molecule has 0 saturated carbocycles. The Morgan fingerprint density at radius 3 is 2.93 bits per heavy atom. The van der Waals surface area contributed by atoms with Crippen LogP contribution in [-0.2, 0) is 6.42 Å².